The number of ketones is 1. The summed E-state index contributed by atoms with van der Waals surface area (Å²) in [6.07, 6.45) is 0. The van der Waals surface area contributed by atoms with Crippen LogP contribution < -0.4 is 5.73 Å². The molecular weight excluding hydrogens is 264 g/mol. The van der Waals surface area contributed by atoms with Crippen LogP contribution in [-0.4, -0.2) is 21.6 Å². The van der Waals surface area contributed by atoms with Gasteiger partial charge in [0.05, 0.1) is 10.8 Å². The number of hydrogen-bond donors (Lipinski definition) is 1. The minimum Gasteiger partial charge on any atom is -0.369 e. The maximum absolute atomic E-state index is 12.0. The SMILES string of the molecule is Cc1cc(C(=O)C(C)Cl)c(C)n1CC(C)(C)C(N)=O. The minimum atomic E-state index is -0.665. The molecule has 0 spiro atoms. The number of nitrogens with two attached hydrogens (primary N) is 1. The van der Waals surface area contributed by atoms with E-state index < -0.39 is 10.8 Å². The molecule has 0 fully saturated rings. The van der Waals surface area contributed by atoms with Crippen LogP contribution in [0.5, 0.6) is 0 Å². The molecule has 0 bridgehead atoms. The Morgan fingerprint density at radius 3 is 2.37 bits per heavy atom. The molecule has 0 radical (unpaired) electrons. The first-order valence-electron chi connectivity index (χ1n) is 6.23. The smallest absolute Gasteiger partial charge is 0.224 e. The Bertz CT molecular complexity index is 516. The highest BCUT2D eigenvalue weighted by Gasteiger charge is 2.28. The second-order valence-corrected chi connectivity index (χ2v) is 6.25. The van der Waals surface area contributed by atoms with E-state index >= 15 is 0 Å². The van der Waals surface area contributed by atoms with Crippen molar-refractivity contribution in [2.24, 2.45) is 11.1 Å². The van der Waals surface area contributed by atoms with Crippen LogP contribution in [0.4, 0.5) is 0 Å². The Morgan fingerprint density at radius 1 is 1.42 bits per heavy atom. The number of carbonyl (C=O) groups excluding carboxylic acids is 2. The van der Waals surface area contributed by atoms with Crippen LogP contribution in [0.15, 0.2) is 6.07 Å². The second-order valence-electron chi connectivity index (χ2n) is 5.60. The van der Waals surface area contributed by atoms with Gasteiger partial charge in [-0.2, -0.15) is 0 Å². The fraction of sp³-hybridized carbons (Fsp3) is 0.571. The predicted molar refractivity (Wildman–Crippen MR) is 76.5 cm³/mol. The molecule has 0 aliphatic carbocycles. The Kier molecular flexibility index (Phi) is 4.46. The molecular formula is C14H21ClN2O2. The van der Waals surface area contributed by atoms with Gasteiger partial charge in [0.25, 0.3) is 0 Å². The molecule has 5 heteroatoms. The van der Waals surface area contributed by atoms with E-state index in [0.717, 1.165) is 11.4 Å². The number of halogens is 1. The van der Waals surface area contributed by atoms with Crippen molar-refractivity contribution < 1.29 is 9.59 Å². The number of carbonyl (C=O) groups is 2. The van der Waals surface area contributed by atoms with Crippen LogP contribution in [0.1, 0.15) is 42.5 Å². The Hall–Kier alpha value is -1.29. The van der Waals surface area contributed by atoms with Crippen LogP contribution in [0.2, 0.25) is 0 Å². The monoisotopic (exact) mass is 284 g/mol. The summed E-state index contributed by atoms with van der Waals surface area (Å²) in [4.78, 5) is 23.4. The summed E-state index contributed by atoms with van der Waals surface area (Å²) in [5, 5.41) is -0.557. The molecule has 0 aromatic carbocycles. The predicted octanol–water partition coefficient (Wildman–Crippen LogP) is 2.43. The lowest BCUT2D eigenvalue weighted by atomic mass is 9.92. The molecule has 106 valence electrons. The lowest BCUT2D eigenvalue weighted by molar-refractivity contribution is -0.126. The highest BCUT2D eigenvalue weighted by atomic mass is 35.5. The largest absolute Gasteiger partial charge is 0.369 e. The third-order valence-electron chi connectivity index (χ3n) is 3.42. The van der Waals surface area contributed by atoms with E-state index in [-0.39, 0.29) is 11.7 Å². The van der Waals surface area contributed by atoms with Gasteiger partial charge in [-0.15, -0.1) is 11.6 Å². The molecule has 1 unspecified atom stereocenters. The maximum atomic E-state index is 12.0. The molecule has 1 aromatic rings. The first kappa shape index (κ1) is 15.8. The number of nitrogens with zero attached hydrogens (tertiary/aromatic N) is 1. The van der Waals surface area contributed by atoms with Crippen molar-refractivity contribution in [2.45, 2.75) is 46.5 Å². The first-order valence-corrected chi connectivity index (χ1v) is 6.66. The van der Waals surface area contributed by atoms with Gasteiger partial charge in [-0.05, 0) is 40.7 Å². The molecule has 1 aromatic heterocycles. The fourth-order valence-corrected chi connectivity index (χ4v) is 2.10. The number of hydrogen-bond acceptors (Lipinski definition) is 2. The lowest BCUT2D eigenvalue weighted by Gasteiger charge is -2.23. The van der Waals surface area contributed by atoms with Crippen LogP contribution in [-0.2, 0) is 11.3 Å². The first-order chi connectivity index (χ1) is 8.58. The second kappa shape index (κ2) is 5.37. The number of aryl methyl sites for hydroxylation is 1. The van der Waals surface area contributed by atoms with Gasteiger partial charge in [0.2, 0.25) is 5.91 Å². The van der Waals surface area contributed by atoms with Gasteiger partial charge < -0.3 is 10.3 Å². The third-order valence-corrected chi connectivity index (χ3v) is 3.62. The van der Waals surface area contributed by atoms with E-state index in [1.807, 2.05) is 24.5 Å². The van der Waals surface area contributed by atoms with E-state index in [1.54, 1.807) is 20.8 Å². The van der Waals surface area contributed by atoms with Crippen LogP contribution in [0.25, 0.3) is 0 Å². The summed E-state index contributed by atoms with van der Waals surface area (Å²) in [6, 6.07) is 1.81. The molecule has 19 heavy (non-hydrogen) atoms. The van der Waals surface area contributed by atoms with Crippen molar-refractivity contribution in [3.63, 3.8) is 0 Å². The molecule has 0 saturated carbocycles. The van der Waals surface area contributed by atoms with Crippen LogP contribution in [0.3, 0.4) is 0 Å². The molecule has 1 atom stereocenters. The van der Waals surface area contributed by atoms with E-state index in [9.17, 15) is 9.59 Å². The number of Topliss-reactive ketones (excluding diaryl/α,β-unsaturated/α-hetero) is 1. The molecule has 0 aliphatic rings. The van der Waals surface area contributed by atoms with Crippen molar-refractivity contribution in [3.05, 3.63) is 23.0 Å². The molecule has 4 nitrogen and oxygen atoms in total. The normalized spacial score (nSPS) is 13.4. The zero-order valence-corrected chi connectivity index (χ0v) is 12.8. The van der Waals surface area contributed by atoms with Gasteiger partial charge in [0.1, 0.15) is 0 Å². The number of aromatic nitrogens is 1. The highest BCUT2D eigenvalue weighted by molar-refractivity contribution is 6.33. The molecule has 0 saturated heterocycles. The average molecular weight is 285 g/mol. The Balaban J connectivity index is 3.18. The van der Waals surface area contributed by atoms with Gasteiger partial charge in [0.15, 0.2) is 5.78 Å². The molecule has 1 amide bonds. The topological polar surface area (TPSA) is 65.1 Å². The van der Waals surface area contributed by atoms with Crippen LogP contribution in [0, 0.1) is 19.3 Å². The van der Waals surface area contributed by atoms with Crippen molar-refractivity contribution in [1.29, 1.82) is 0 Å². The van der Waals surface area contributed by atoms with E-state index in [2.05, 4.69) is 0 Å². The number of alkyl halides is 1. The maximum Gasteiger partial charge on any atom is 0.224 e. The lowest BCUT2D eigenvalue weighted by Crippen LogP contribution is -2.36. The molecule has 0 aliphatic heterocycles. The fourth-order valence-electron chi connectivity index (χ4n) is 1.98. The minimum absolute atomic E-state index is 0.0992. The summed E-state index contributed by atoms with van der Waals surface area (Å²) in [7, 11) is 0. The molecule has 1 rings (SSSR count). The summed E-state index contributed by atoms with van der Waals surface area (Å²) < 4.78 is 1.94. The Labute approximate surface area is 118 Å². The van der Waals surface area contributed by atoms with Crippen molar-refractivity contribution >= 4 is 23.3 Å². The van der Waals surface area contributed by atoms with Crippen LogP contribution >= 0.6 is 11.6 Å². The summed E-state index contributed by atoms with van der Waals surface area (Å²) in [6.45, 7) is 9.45. The summed E-state index contributed by atoms with van der Waals surface area (Å²) in [5.74, 6) is -0.462. The number of rotatable bonds is 5. The number of amides is 1. The van der Waals surface area contributed by atoms with Crippen molar-refractivity contribution in [2.75, 3.05) is 0 Å². The van der Waals surface area contributed by atoms with Gasteiger partial charge in [-0.25, -0.2) is 0 Å². The summed E-state index contributed by atoms with van der Waals surface area (Å²) in [5.41, 5.74) is 7.09. The third kappa shape index (κ3) is 3.18. The van der Waals surface area contributed by atoms with Gasteiger partial charge in [-0.1, -0.05) is 0 Å². The van der Waals surface area contributed by atoms with Crippen molar-refractivity contribution in [3.8, 4) is 0 Å². The highest BCUT2D eigenvalue weighted by Crippen LogP contribution is 2.24. The summed E-state index contributed by atoms with van der Waals surface area (Å²) >= 11 is 5.85. The zero-order valence-electron chi connectivity index (χ0n) is 12.1. The quantitative estimate of drug-likeness (QED) is 0.667. The van der Waals surface area contributed by atoms with E-state index in [4.69, 9.17) is 17.3 Å². The number of primary amides is 1. The Morgan fingerprint density at radius 2 is 1.95 bits per heavy atom. The average Bonchev–Trinajstić information content (AvgIpc) is 2.55. The standard InChI is InChI=1S/C14H21ClN2O2/c1-8-6-11(12(18)9(2)15)10(3)17(8)7-14(4,5)13(16)19/h6,9H,7H2,1-5H3,(H2,16,19). The van der Waals surface area contributed by atoms with Gasteiger partial charge in [0, 0.05) is 23.5 Å². The molecule has 1 heterocycles. The zero-order chi connectivity index (χ0) is 15.0. The van der Waals surface area contributed by atoms with Gasteiger partial charge in [-0.3, -0.25) is 9.59 Å². The van der Waals surface area contributed by atoms with E-state index in [0.29, 0.717) is 12.1 Å². The van der Waals surface area contributed by atoms with Gasteiger partial charge >= 0.3 is 0 Å². The van der Waals surface area contributed by atoms with Crippen molar-refractivity contribution in [1.82, 2.24) is 4.57 Å². The molecule has 2 N–H and O–H groups in total. The van der Waals surface area contributed by atoms with E-state index in [1.165, 1.54) is 0 Å².